The van der Waals surface area contributed by atoms with Crippen LogP contribution in [0.25, 0.3) is 10.2 Å². The highest BCUT2D eigenvalue weighted by Crippen LogP contribution is 2.29. The molecule has 6 heteroatoms. The molecule has 0 spiro atoms. The van der Waals surface area contributed by atoms with Gasteiger partial charge in [0.05, 0.1) is 16.8 Å². The van der Waals surface area contributed by atoms with E-state index in [1.165, 1.54) is 4.70 Å². The van der Waals surface area contributed by atoms with Gasteiger partial charge in [-0.25, -0.2) is 9.97 Å². The first-order valence-corrected chi connectivity index (χ1v) is 8.40. The van der Waals surface area contributed by atoms with Gasteiger partial charge in [0.2, 0.25) is 0 Å². The van der Waals surface area contributed by atoms with Crippen molar-refractivity contribution < 1.29 is 0 Å². The molecule has 22 heavy (non-hydrogen) atoms. The van der Waals surface area contributed by atoms with Crippen LogP contribution in [-0.4, -0.2) is 45.6 Å². The van der Waals surface area contributed by atoms with Gasteiger partial charge in [-0.2, -0.15) is 0 Å². The average Bonchev–Trinajstić information content (AvgIpc) is 3.15. The first-order chi connectivity index (χ1) is 10.8. The van der Waals surface area contributed by atoms with Crippen molar-refractivity contribution in [3.8, 4) is 0 Å². The van der Waals surface area contributed by atoms with E-state index in [1.807, 2.05) is 12.4 Å². The maximum Gasteiger partial charge on any atom is 0.186 e. The third-order valence-electron chi connectivity index (χ3n) is 4.21. The maximum absolute atomic E-state index is 4.76. The number of piperazine rings is 1. The zero-order chi connectivity index (χ0) is 14.9. The van der Waals surface area contributed by atoms with Crippen LogP contribution < -0.4 is 4.90 Å². The lowest BCUT2D eigenvalue weighted by Crippen LogP contribution is -2.46. The summed E-state index contributed by atoms with van der Waals surface area (Å²) in [4.78, 5) is 14.0. The molecular weight excluding hydrogens is 294 g/mol. The van der Waals surface area contributed by atoms with Crippen LogP contribution >= 0.6 is 11.3 Å². The van der Waals surface area contributed by atoms with E-state index in [4.69, 9.17) is 4.98 Å². The van der Waals surface area contributed by atoms with Gasteiger partial charge in [-0.1, -0.05) is 23.5 Å². The van der Waals surface area contributed by atoms with Gasteiger partial charge in [-0.3, -0.25) is 4.90 Å². The molecule has 3 heterocycles. The Balaban J connectivity index is 1.42. The summed E-state index contributed by atoms with van der Waals surface area (Å²) in [6.45, 7) is 5.11. The van der Waals surface area contributed by atoms with Gasteiger partial charge >= 0.3 is 0 Å². The highest BCUT2D eigenvalue weighted by Gasteiger charge is 2.20. The standard InChI is InChI=1S/C16H19N5S/c1-19-7-6-17-15(19)12-20-8-10-21(11-9-20)16-18-13-4-2-3-5-14(13)22-16/h2-7H,8-12H2,1H3. The second-order valence-electron chi connectivity index (χ2n) is 5.68. The fourth-order valence-corrected chi connectivity index (χ4v) is 3.86. The molecule has 0 amide bonds. The molecule has 0 atom stereocenters. The van der Waals surface area contributed by atoms with E-state index in [0.29, 0.717) is 0 Å². The fourth-order valence-electron chi connectivity index (χ4n) is 2.84. The summed E-state index contributed by atoms with van der Waals surface area (Å²) in [6, 6.07) is 8.37. The van der Waals surface area contributed by atoms with E-state index in [-0.39, 0.29) is 0 Å². The first kappa shape index (κ1) is 13.7. The molecule has 0 saturated carbocycles. The van der Waals surface area contributed by atoms with Crippen LogP contribution in [0.15, 0.2) is 36.7 Å². The number of anilines is 1. The summed E-state index contributed by atoms with van der Waals surface area (Å²) in [5, 5.41) is 1.15. The van der Waals surface area contributed by atoms with Gasteiger partial charge < -0.3 is 9.47 Å². The van der Waals surface area contributed by atoms with Crippen LogP contribution in [0.1, 0.15) is 5.82 Å². The number of benzene rings is 1. The van der Waals surface area contributed by atoms with Crippen LogP contribution in [0.5, 0.6) is 0 Å². The molecule has 0 aliphatic carbocycles. The minimum atomic E-state index is 0.928. The maximum atomic E-state index is 4.76. The zero-order valence-electron chi connectivity index (χ0n) is 12.6. The van der Waals surface area contributed by atoms with Crippen LogP contribution in [0, 0.1) is 0 Å². The summed E-state index contributed by atoms with van der Waals surface area (Å²) in [5.74, 6) is 1.13. The average molecular weight is 313 g/mol. The van der Waals surface area contributed by atoms with E-state index in [1.54, 1.807) is 11.3 Å². The number of hydrogen-bond acceptors (Lipinski definition) is 5. The predicted molar refractivity (Wildman–Crippen MR) is 90.3 cm³/mol. The molecule has 5 nitrogen and oxygen atoms in total. The number of imidazole rings is 1. The zero-order valence-corrected chi connectivity index (χ0v) is 13.5. The molecule has 0 unspecified atom stereocenters. The van der Waals surface area contributed by atoms with E-state index < -0.39 is 0 Å². The van der Waals surface area contributed by atoms with Crippen molar-refractivity contribution in [2.75, 3.05) is 31.1 Å². The topological polar surface area (TPSA) is 37.2 Å². The number of nitrogens with zero attached hydrogens (tertiary/aromatic N) is 5. The smallest absolute Gasteiger partial charge is 0.186 e. The predicted octanol–water partition coefficient (Wildman–Crippen LogP) is 2.35. The summed E-state index contributed by atoms with van der Waals surface area (Å²) in [7, 11) is 2.06. The molecular formula is C16H19N5S. The van der Waals surface area contributed by atoms with Gasteiger partial charge in [0.15, 0.2) is 5.13 Å². The van der Waals surface area contributed by atoms with Gasteiger partial charge in [-0.05, 0) is 12.1 Å². The van der Waals surface area contributed by atoms with Crippen molar-refractivity contribution in [2.45, 2.75) is 6.54 Å². The van der Waals surface area contributed by atoms with Gasteiger partial charge in [0, 0.05) is 45.6 Å². The Kier molecular flexibility index (Phi) is 3.56. The monoisotopic (exact) mass is 313 g/mol. The molecule has 0 radical (unpaired) electrons. The second kappa shape index (κ2) is 5.70. The molecule has 4 rings (SSSR count). The molecule has 0 N–H and O–H groups in total. The molecule has 0 bridgehead atoms. The van der Waals surface area contributed by atoms with Crippen LogP contribution in [0.3, 0.4) is 0 Å². The fraction of sp³-hybridized carbons (Fsp3) is 0.375. The number of para-hydroxylation sites is 1. The van der Waals surface area contributed by atoms with Crippen molar-refractivity contribution >= 4 is 26.7 Å². The molecule has 1 saturated heterocycles. The van der Waals surface area contributed by atoms with Crippen molar-refractivity contribution in [3.05, 3.63) is 42.5 Å². The Morgan fingerprint density at radius 1 is 1.14 bits per heavy atom. The van der Waals surface area contributed by atoms with E-state index in [9.17, 15) is 0 Å². The second-order valence-corrected chi connectivity index (χ2v) is 6.69. The number of hydrogen-bond donors (Lipinski definition) is 0. The van der Waals surface area contributed by atoms with E-state index in [2.05, 4.69) is 50.7 Å². The van der Waals surface area contributed by atoms with Crippen LogP contribution in [0.4, 0.5) is 5.13 Å². The number of thiazole rings is 1. The SMILES string of the molecule is Cn1ccnc1CN1CCN(c2nc3ccccc3s2)CC1. The Morgan fingerprint density at radius 3 is 2.68 bits per heavy atom. The number of aryl methyl sites for hydroxylation is 1. The van der Waals surface area contributed by atoms with E-state index in [0.717, 1.165) is 49.2 Å². The highest BCUT2D eigenvalue weighted by molar-refractivity contribution is 7.22. The Labute approximate surface area is 133 Å². The van der Waals surface area contributed by atoms with Crippen molar-refractivity contribution in [3.63, 3.8) is 0 Å². The lowest BCUT2D eigenvalue weighted by atomic mass is 10.3. The summed E-state index contributed by atoms with van der Waals surface area (Å²) >= 11 is 1.79. The highest BCUT2D eigenvalue weighted by atomic mass is 32.1. The number of aromatic nitrogens is 3. The number of fused-ring (bicyclic) bond motifs is 1. The lowest BCUT2D eigenvalue weighted by molar-refractivity contribution is 0.242. The van der Waals surface area contributed by atoms with Crippen molar-refractivity contribution in [1.29, 1.82) is 0 Å². The first-order valence-electron chi connectivity index (χ1n) is 7.59. The third kappa shape index (κ3) is 2.60. The summed E-state index contributed by atoms with van der Waals surface area (Å²) in [5.41, 5.74) is 1.11. The van der Waals surface area contributed by atoms with Crippen molar-refractivity contribution in [1.82, 2.24) is 19.4 Å². The molecule has 114 valence electrons. The third-order valence-corrected chi connectivity index (χ3v) is 5.31. The van der Waals surface area contributed by atoms with Gasteiger partial charge in [0.1, 0.15) is 5.82 Å². The lowest BCUT2D eigenvalue weighted by Gasteiger charge is -2.34. The molecule has 1 fully saturated rings. The molecule has 3 aromatic rings. The molecule has 2 aromatic heterocycles. The summed E-state index contributed by atoms with van der Waals surface area (Å²) in [6.07, 6.45) is 3.87. The Hall–Kier alpha value is -1.92. The van der Waals surface area contributed by atoms with Gasteiger partial charge in [-0.15, -0.1) is 0 Å². The quantitative estimate of drug-likeness (QED) is 0.744. The van der Waals surface area contributed by atoms with Gasteiger partial charge in [0.25, 0.3) is 0 Å². The Bertz CT molecular complexity index is 737. The van der Waals surface area contributed by atoms with Crippen LogP contribution in [-0.2, 0) is 13.6 Å². The number of rotatable bonds is 3. The van der Waals surface area contributed by atoms with Crippen LogP contribution in [0.2, 0.25) is 0 Å². The molecule has 1 aliphatic rings. The minimum absolute atomic E-state index is 0.928. The molecule has 1 aromatic carbocycles. The normalized spacial score (nSPS) is 16.5. The summed E-state index contributed by atoms with van der Waals surface area (Å²) < 4.78 is 3.37. The Morgan fingerprint density at radius 2 is 1.95 bits per heavy atom. The van der Waals surface area contributed by atoms with Crippen molar-refractivity contribution in [2.24, 2.45) is 7.05 Å². The minimum Gasteiger partial charge on any atom is -0.345 e. The largest absolute Gasteiger partial charge is 0.345 e. The molecule has 1 aliphatic heterocycles. The van der Waals surface area contributed by atoms with E-state index >= 15 is 0 Å².